The summed E-state index contributed by atoms with van der Waals surface area (Å²) < 4.78 is 0. The Balaban J connectivity index is -0.00000000990. The van der Waals surface area contributed by atoms with Gasteiger partial charge in [-0.1, -0.05) is 6.92 Å². The summed E-state index contributed by atoms with van der Waals surface area (Å²) in [5, 5.41) is 14.9. The molecule has 3 heteroatoms. The third-order valence-electron chi connectivity index (χ3n) is 0.224. The zero-order valence-corrected chi connectivity index (χ0v) is 6.43. The SMILES string of the molecule is CCCO.CO.[H-].[H-].[Mg+2]. The van der Waals surface area contributed by atoms with Crippen molar-refractivity contribution in [3.8, 4) is 0 Å². The minimum absolute atomic E-state index is 0. The van der Waals surface area contributed by atoms with E-state index < -0.39 is 0 Å². The van der Waals surface area contributed by atoms with Crippen LogP contribution >= 0.6 is 0 Å². The zero-order chi connectivity index (χ0) is 5.41. The quantitative estimate of drug-likeness (QED) is 0.470. The first-order valence-corrected chi connectivity index (χ1v) is 1.97. The second kappa shape index (κ2) is 30.0. The van der Waals surface area contributed by atoms with Crippen LogP contribution in [0.1, 0.15) is 16.2 Å². The molecule has 0 bridgehead atoms. The van der Waals surface area contributed by atoms with Crippen LogP contribution in [0.2, 0.25) is 0 Å². The van der Waals surface area contributed by atoms with Crippen LogP contribution in [0.5, 0.6) is 0 Å². The van der Waals surface area contributed by atoms with Gasteiger partial charge in [0.25, 0.3) is 0 Å². The third kappa shape index (κ3) is 51.6. The van der Waals surface area contributed by atoms with E-state index in [4.69, 9.17) is 10.2 Å². The molecule has 0 heterocycles. The summed E-state index contributed by atoms with van der Waals surface area (Å²) in [5.41, 5.74) is 0. The number of hydrogen-bond donors (Lipinski definition) is 2. The molecule has 0 aromatic heterocycles. The van der Waals surface area contributed by atoms with E-state index in [1.807, 2.05) is 6.92 Å². The standard InChI is InChI=1S/C3H8O.CH4O.Mg.2H/c1-2-3-4;1-2;;;/h4H,2-3H2,1H3;2H,1H3;;;/q;;+2;2*-1. The van der Waals surface area contributed by atoms with Gasteiger partial charge in [-0.15, -0.1) is 0 Å². The van der Waals surface area contributed by atoms with E-state index in [0.29, 0.717) is 6.61 Å². The van der Waals surface area contributed by atoms with Crippen LogP contribution < -0.4 is 0 Å². The van der Waals surface area contributed by atoms with Gasteiger partial charge in [0.05, 0.1) is 0 Å². The summed E-state index contributed by atoms with van der Waals surface area (Å²) in [5.74, 6) is 0. The summed E-state index contributed by atoms with van der Waals surface area (Å²) in [4.78, 5) is 0. The normalized spacial score (nSPS) is 5.14. The molecule has 0 saturated heterocycles. The molecule has 2 nitrogen and oxygen atoms in total. The molecular weight excluding hydrogens is 104 g/mol. The average molecular weight is 118 g/mol. The summed E-state index contributed by atoms with van der Waals surface area (Å²) >= 11 is 0. The van der Waals surface area contributed by atoms with Gasteiger partial charge in [0, 0.05) is 13.7 Å². The van der Waals surface area contributed by atoms with E-state index >= 15 is 0 Å². The molecular formula is C4H14MgO2. The Bertz CT molecular complexity index is 18.5. The zero-order valence-electron chi connectivity index (χ0n) is 7.02. The minimum Gasteiger partial charge on any atom is -1.00 e. The third-order valence-corrected chi connectivity index (χ3v) is 0.224. The molecule has 2 N–H and O–H groups in total. The predicted molar refractivity (Wildman–Crippen MR) is 33.5 cm³/mol. The predicted octanol–water partition coefficient (Wildman–Crippen LogP) is -0.159. The van der Waals surface area contributed by atoms with E-state index in [1.165, 1.54) is 0 Å². The molecule has 44 valence electrons. The fraction of sp³-hybridized carbons (Fsp3) is 1.00. The van der Waals surface area contributed by atoms with Crippen molar-refractivity contribution in [3.63, 3.8) is 0 Å². The summed E-state index contributed by atoms with van der Waals surface area (Å²) in [6, 6.07) is 0. The number of rotatable bonds is 1. The first-order chi connectivity index (χ1) is 2.91. The van der Waals surface area contributed by atoms with Gasteiger partial charge in [-0.2, -0.15) is 0 Å². The van der Waals surface area contributed by atoms with Crippen LogP contribution in [-0.4, -0.2) is 47.0 Å². The van der Waals surface area contributed by atoms with E-state index in [-0.39, 0.29) is 25.9 Å². The fourth-order valence-electron chi connectivity index (χ4n) is 0. The largest absolute Gasteiger partial charge is 2.00 e. The van der Waals surface area contributed by atoms with Crippen molar-refractivity contribution in [2.45, 2.75) is 13.3 Å². The maximum Gasteiger partial charge on any atom is 2.00 e. The second-order valence-electron chi connectivity index (χ2n) is 0.724. The van der Waals surface area contributed by atoms with E-state index in [1.54, 1.807) is 0 Å². The van der Waals surface area contributed by atoms with Gasteiger partial charge in [-0.25, -0.2) is 0 Å². The van der Waals surface area contributed by atoms with Crippen molar-refractivity contribution in [2.24, 2.45) is 0 Å². The Morgan fingerprint density at radius 2 is 1.57 bits per heavy atom. The first-order valence-electron chi connectivity index (χ1n) is 1.97. The molecule has 0 fully saturated rings. The molecule has 0 aliphatic carbocycles. The van der Waals surface area contributed by atoms with Gasteiger partial charge in [0.1, 0.15) is 0 Å². The fourth-order valence-corrected chi connectivity index (χ4v) is 0. The molecule has 0 aromatic rings. The van der Waals surface area contributed by atoms with Gasteiger partial charge in [0.15, 0.2) is 0 Å². The van der Waals surface area contributed by atoms with Crippen LogP contribution in [0.25, 0.3) is 0 Å². The van der Waals surface area contributed by atoms with Crippen LogP contribution in [0.15, 0.2) is 0 Å². The minimum atomic E-state index is 0. The van der Waals surface area contributed by atoms with Crippen molar-refractivity contribution >= 4 is 23.1 Å². The van der Waals surface area contributed by atoms with Crippen LogP contribution in [-0.2, 0) is 0 Å². The van der Waals surface area contributed by atoms with Crippen LogP contribution in [0.3, 0.4) is 0 Å². The molecule has 0 unspecified atom stereocenters. The molecule has 0 aromatic carbocycles. The summed E-state index contributed by atoms with van der Waals surface area (Å²) in [6.45, 7) is 2.25. The molecule has 0 rings (SSSR count). The van der Waals surface area contributed by atoms with E-state index in [2.05, 4.69) is 0 Å². The first kappa shape index (κ1) is 15.6. The monoisotopic (exact) mass is 118 g/mol. The van der Waals surface area contributed by atoms with Crippen molar-refractivity contribution in [2.75, 3.05) is 13.7 Å². The maximum absolute atomic E-state index is 7.88. The van der Waals surface area contributed by atoms with Gasteiger partial charge in [-0.3, -0.25) is 0 Å². The molecule has 0 aliphatic heterocycles. The van der Waals surface area contributed by atoms with Gasteiger partial charge in [0.2, 0.25) is 0 Å². The molecule has 0 amide bonds. The van der Waals surface area contributed by atoms with Crippen molar-refractivity contribution in [1.29, 1.82) is 0 Å². The number of aliphatic hydroxyl groups excluding tert-OH is 2. The summed E-state index contributed by atoms with van der Waals surface area (Å²) in [6.07, 6.45) is 0.875. The van der Waals surface area contributed by atoms with Gasteiger partial charge < -0.3 is 13.1 Å². The van der Waals surface area contributed by atoms with Crippen molar-refractivity contribution in [3.05, 3.63) is 0 Å². The average Bonchev–Trinajstić information content (AvgIpc) is 1.72. The van der Waals surface area contributed by atoms with E-state index in [0.717, 1.165) is 13.5 Å². The van der Waals surface area contributed by atoms with E-state index in [9.17, 15) is 0 Å². The smallest absolute Gasteiger partial charge is 1.00 e. The number of aliphatic hydroxyl groups is 2. The molecule has 7 heavy (non-hydrogen) atoms. The maximum atomic E-state index is 7.88. The molecule has 0 saturated carbocycles. The Labute approximate surface area is 63.7 Å². The van der Waals surface area contributed by atoms with Gasteiger partial charge in [-0.05, 0) is 6.42 Å². The van der Waals surface area contributed by atoms with Crippen molar-refractivity contribution in [1.82, 2.24) is 0 Å². The summed E-state index contributed by atoms with van der Waals surface area (Å²) in [7, 11) is 1.00. The Morgan fingerprint density at radius 3 is 1.57 bits per heavy atom. The van der Waals surface area contributed by atoms with Crippen LogP contribution in [0, 0.1) is 0 Å². The molecule has 0 radical (unpaired) electrons. The van der Waals surface area contributed by atoms with Crippen molar-refractivity contribution < 1.29 is 13.1 Å². The molecule has 0 atom stereocenters. The van der Waals surface area contributed by atoms with Crippen LogP contribution in [0.4, 0.5) is 0 Å². The topological polar surface area (TPSA) is 40.5 Å². The Morgan fingerprint density at radius 1 is 1.43 bits per heavy atom. The Kier molecular flexibility index (Phi) is 67.0. The second-order valence-corrected chi connectivity index (χ2v) is 0.724. The number of hydrogen-bond acceptors (Lipinski definition) is 2. The molecule has 0 spiro atoms. The van der Waals surface area contributed by atoms with Gasteiger partial charge >= 0.3 is 23.1 Å². The molecule has 0 aliphatic rings. The Hall–Kier alpha value is 0.686.